The molecule has 3 rings (SSSR count). The molecule has 1 aliphatic rings. The number of hydrogen-bond acceptors (Lipinski definition) is 4. The Labute approximate surface area is 179 Å². The van der Waals surface area contributed by atoms with Crippen LogP contribution in [0.3, 0.4) is 0 Å². The lowest BCUT2D eigenvalue weighted by Crippen LogP contribution is -2.54. The zero-order valence-electron chi connectivity index (χ0n) is 17.6. The molecule has 1 fully saturated rings. The summed E-state index contributed by atoms with van der Waals surface area (Å²) in [6.07, 6.45) is 0. The molecule has 1 saturated heterocycles. The molecular formula is C22H30N4O3S. The molecule has 2 aromatic carbocycles. The number of para-hydroxylation sites is 1. The molecule has 30 heavy (non-hydrogen) atoms. The molecule has 0 aliphatic carbocycles. The van der Waals surface area contributed by atoms with Crippen molar-refractivity contribution in [2.75, 3.05) is 44.6 Å². The smallest absolute Gasteiger partial charge is 0.282 e. The first-order valence-corrected chi connectivity index (χ1v) is 11.8. The fourth-order valence-corrected chi connectivity index (χ4v) is 5.41. The molecule has 0 radical (unpaired) electrons. The van der Waals surface area contributed by atoms with Crippen LogP contribution in [0, 0.1) is 0 Å². The summed E-state index contributed by atoms with van der Waals surface area (Å²) in [7, 11) is -3.47. The zero-order chi connectivity index (χ0) is 21.6. The molecular weight excluding hydrogens is 400 g/mol. The standard InChI is InChI=1S/C22H30N4O3S/c1-3-25(4-2)30(28,29)26-17-15-24(16-18-26)21(19-11-7-5-8-12-19)22(27)23-20-13-9-6-10-14-20/h5-14,21H,3-4,15-18H2,1-2H3,(H,23,27). The SMILES string of the molecule is CCN(CC)S(=O)(=O)N1CCN(C(C(=O)Nc2ccccc2)c2ccccc2)CC1. The van der Waals surface area contributed by atoms with Gasteiger partial charge in [0.25, 0.3) is 10.2 Å². The molecule has 8 heteroatoms. The highest BCUT2D eigenvalue weighted by atomic mass is 32.2. The minimum atomic E-state index is -3.47. The third-order valence-electron chi connectivity index (χ3n) is 5.40. The monoisotopic (exact) mass is 430 g/mol. The van der Waals surface area contributed by atoms with Crippen LogP contribution >= 0.6 is 0 Å². The lowest BCUT2D eigenvalue weighted by Gasteiger charge is -2.39. The summed E-state index contributed by atoms with van der Waals surface area (Å²) >= 11 is 0. The summed E-state index contributed by atoms with van der Waals surface area (Å²) in [5.74, 6) is -0.118. The van der Waals surface area contributed by atoms with Gasteiger partial charge in [-0.25, -0.2) is 0 Å². The van der Waals surface area contributed by atoms with Crippen LogP contribution in [0.25, 0.3) is 0 Å². The Balaban J connectivity index is 1.77. The summed E-state index contributed by atoms with van der Waals surface area (Å²) in [5.41, 5.74) is 1.64. The van der Waals surface area contributed by atoms with Crippen LogP contribution in [0.1, 0.15) is 25.5 Å². The first-order chi connectivity index (χ1) is 14.5. The van der Waals surface area contributed by atoms with Crippen molar-refractivity contribution in [1.82, 2.24) is 13.5 Å². The summed E-state index contributed by atoms with van der Waals surface area (Å²) in [5, 5.41) is 3.00. The fourth-order valence-electron chi connectivity index (χ4n) is 3.80. The van der Waals surface area contributed by atoms with Crippen LogP contribution in [-0.4, -0.2) is 67.1 Å². The Morgan fingerprint density at radius 2 is 1.47 bits per heavy atom. The minimum absolute atomic E-state index is 0.118. The van der Waals surface area contributed by atoms with Gasteiger partial charge in [0.1, 0.15) is 6.04 Å². The molecule has 0 saturated carbocycles. The highest BCUT2D eigenvalue weighted by Crippen LogP contribution is 2.25. The second-order valence-corrected chi connectivity index (χ2v) is 9.12. The van der Waals surface area contributed by atoms with Gasteiger partial charge in [0, 0.05) is 45.0 Å². The molecule has 1 aliphatic heterocycles. The predicted octanol–water partition coefficient (Wildman–Crippen LogP) is 2.57. The first-order valence-electron chi connectivity index (χ1n) is 10.4. The van der Waals surface area contributed by atoms with Crippen LogP contribution in [0.4, 0.5) is 5.69 Å². The number of piperazine rings is 1. The maximum absolute atomic E-state index is 13.2. The van der Waals surface area contributed by atoms with Crippen molar-refractivity contribution < 1.29 is 13.2 Å². The Bertz CT molecular complexity index is 910. The van der Waals surface area contributed by atoms with Crippen molar-refractivity contribution in [3.8, 4) is 0 Å². The second kappa shape index (κ2) is 10.2. The van der Waals surface area contributed by atoms with Gasteiger partial charge >= 0.3 is 0 Å². The van der Waals surface area contributed by atoms with E-state index < -0.39 is 16.3 Å². The van der Waals surface area contributed by atoms with Crippen molar-refractivity contribution >= 4 is 21.8 Å². The van der Waals surface area contributed by atoms with Crippen LogP contribution in [0.2, 0.25) is 0 Å². The molecule has 7 nitrogen and oxygen atoms in total. The molecule has 1 N–H and O–H groups in total. The lowest BCUT2D eigenvalue weighted by molar-refractivity contribution is -0.122. The van der Waals surface area contributed by atoms with Crippen molar-refractivity contribution in [3.63, 3.8) is 0 Å². The van der Waals surface area contributed by atoms with Crippen LogP contribution < -0.4 is 5.32 Å². The highest BCUT2D eigenvalue weighted by molar-refractivity contribution is 7.86. The molecule has 1 atom stereocenters. The third kappa shape index (κ3) is 5.07. The summed E-state index contributed by atoms with van der Waals surface area (Å²) in [4.78, 5) is 15.3. The van der Waals surface area contributed by atoms with E-state index in [0.29, 0.717) is 39.3 Å². The van der Waals surface area contributed by atoms with Crippen molar-refractivity contribution in [1.29, 1.82) is 0 Å². The van der Waals surface area contributed by atoms with Crippen molar-refractivity contribution in [2.24, 2.45) is 0 Å². The van der Waals surface area contributed by atoms with Crippen LogP contribution in [-0.2, 0) is 15.0 Å². The topological polar surface area (TPSA) is 73.0 Å². The van der Waals surface area contributed by atoms with Gasteiger partial charge in [0.05, 0.1) is 0 Å². The molecule has 162 valence electrons. The second-order valence-electron chi connectivity index (χ2n) is 7.20. The number of amides is 1. The van der Waals surface area contributed by atoms with Crippen molar-refractivity contribution in [2.45, 2.75) is 19.9 Å². The van der Waals surface area contributed by atoms with E-state index in [2.05, 4.69) is 10.2 Å². The Kier molecular flexibility index (Phi) is 7.60. The molecule has 1 amide bonds. The van der Waals surface area contributed by atoms with Gasteiger partial charge < -0.3 is 5.32 Å². The average molecular weight is 431 g/mol. The predicted molar refractivity (Wildman–Crippen MR) is 119 cm³/mol. The average Bonchev–Trinajstić information content (AvgIpc) is 2.76. The quantitative estimate of drug-likeness (QED) is 0.699. The highest BCUT2D eigenvalue weighted by Gasteiger charge is 2.35. The number of nitrogens with one attached hydrogen (secondary N) is 1. The number of hydrogen-bond donors (Lipinski definition) is 1. The molecule has 1 heterocycles. The molecule has 1 unspecified atom stereocenters. The summed E-state index contributed by atoms with van der Waals surface area (Å²) in [6, 6.07) is 18.5. The number of carbonyl (C=O) groups excluding carboxylic acids is 1. The Morgan fingerprint density at radius 1 is 0.933 bits per heavy atom. The Morgan fingerprint density at radius 3 is 2.00 bits per heavy atom. The molecule has 0 bridgehead atoms. The number of nitrogens with zero attached hydrogens (tertiary/aromatic N) is 3. The van der Waals surface area contributed by atoms with Gasteiger partial charge in [0.15, 0.2) is 0 Å². The minimum Gasteiger partial charge on any atom is -0.324 e. The lowest BCUT2D eigenvalue weighted by atomic mass is 10.0. The van der Waals surface area contributed by atoms with Gasteiger partial charge in [-0.15, -0.1) is 0 Å². The van der Waals surface area contributed by atoms with Gasteiger partial charge in [-0.05, 0) is 17.7 Å². The molecule has 0 spiro atoms. The molecule has 2 aromatic rings. The van der Waals surface area contributed by atoms with E-state index in [1.807, 2.05) is 74.5 Å². The first kappa shape index (κ1) is 22.4. The van der Waals surface area contributed by atoms with E-state index >= 15 is 0 Å². The number of anilines is 1. The maximum Gasteiger partial charge on any atom is 0.282 e. The number of rotatable bonds is 8. The zero-order valence-corrected chi connectivity index (χ0v) is 18.4. The van der Waals surface area contributed by atoms with Gasteiger partial charge in [-0.1, -0.05) is 62.4 Å². The van der Waals surface area contributed by atoms with E-state index in [4.69, 9.17) is 0 Å². The van der Waals surface area contributed by atoms with E-state index in [9.17, 15) is 13.2 Å². The van der Waals surface area contributed by atoms with Gasteiger partial charge in [0.2, 0.25) is 5.91 Å². The van der Waals surface area contributed by atoms with Crippen LogP contribution in [0.5, 0.6) is 0 Å². The van der Waals surface area contributed by atoms with Crippen molar-refractivity contribution in [3.05, 3.63) is 66.2 Å². The van der Waals surface area contributed by atoms with Gasteiger partial charge in [-0.3, -0.25) is 9.69 Å². The fraction of sp³-hybridized carbons (Fsp3) is 0.409. The maximum atomic E-state index is 13.2. The van der Waals surface area contributed by atoms with E-state index in [1.165, 1.54) is 8.61 Å². The summed E-state index contributed by atoms with van der Waals surface area (Å²) < 4.78 is 28.6. The van der Waals surface area contributed by atoms with Gasteiger partial charge in [-0.2, -0.15) is 17.0 Å². The third-order valence-corrected chi connectivity index (χ3v) is 7.59. The Hall–Kier alpha value is -2.26. The number of benzene rings is 2. The summed E-state index contributed by atoms with van der Waals surface area (Å²) in [6.45, 7) is 6.29. The largest absolute Gasteiger partial charge is 0.324 e. The number of carbonyl (C=O) groups is 1. The van der Waals surface area contributed by atoms with E-state index in [1.54, 1.807) is 0 Å². The molecule has 0 aromatic heterocycles. The van der Waals surface area contributed by atoms with E-state index in [0.717, 1.165) is 11.3 Å². The normalized spacial score (nSPS) is 17.0. The van der Waals surface area contributed by atoms with E-state index in [-0.39, 0.29) is 5.91 Å². The van der Waals surface area contributed by atoms with Crippen LogP contribution in [0.15, 0.2) is 60.7 Å².